The van der Waals surface area contributed by atoms with Crippen LogP contribution in [0.25, 0.3) is 12.2 Å². The van der Waals surface area contributed by atoms with Gasteiger partial charge in [-0.05, 0) is 30.0 Å². The van der Waals surface area contributed by atoms with Crippen molar-refractivity contribution in [1.82, 2.24) is 0 Å². The summed E-state index contributed by atoms with van der Waals surface area (Å²) in [7, 11) is 0. The van der Waals surface area contributed by atoms with Crippen molar-refractivity contribution in [2.45, 2.75) is 13.3 Å². The van der Waals surface area contributed by atoms with E-state index in [4.69, 9.17) is 0 Å². The second kappa shape index (κ2) is 2.98. The van der Waals surface area contributed by atoms with Crippen molar-refractivity contribution in [3.05, 3.63) is 47.0 Å². The lowest BCUT2D eigenvalue weighted by Crippen LogP contribution is -1.83. The number of hydrogen-bond donors (Lipinski definition) is 0. The van der Waals surface area contributed by atoms with Crippen molar-refractivity contribution < 1.29 is 0 Å². The van der Waals surface area contributed by atoms with Gasteiger partial charge in [-0.2, -0.15) is 0 Å². The maximum absolute atomic E-state index is 2.21. The fourth-order valence-corrected chi connectivity index (χ4v) is 1.54. The molecule has 1 aliphatic carbocycles. The number of allylic oxidation sites excluding steroid dienone is 2. The van der Waals surface area contributed by atoms with E-state index in [0.29, 0.717) is 0 Å². The molecular formula is C12H12. The van der Waals surface area contributed by atoms with Gasteiger partial charge < -0.3 is 0 Å². The molecule has 0 spiro atoms. The highest BCUT2D eigenvalue weighted by molar-refractivity contribution is 5.69. The van der Waals surface area contributed by atoms with Gasteiger partial charge in [0.1, 0.15) is 0 Å². The first-order chi connectivity index (χ1) is 5.88. The fraction of sp³-hybridized carbons (Fsp3) is 0.167. The molecule has 0 aliphatic heterocycles. The molecule has 0 atom stereocenters. The van der Waals surface area contributed by atoms with E-state index in [1.807, 2.05) is 0 Å². The second-order valence-corrected chi connectivity index (χ2v) is 3.12. The average Bonchev–Trinajstić information content (AvgIpc) is 2.30. The Labute approximate surface area is 73.2 Å². The smallest absolute Gasteiger partial charge is 0.0158 e. The third kappa shape index (κ3) is 1.20. The molecule has 0 aromatic heterocycles. The summed E-state index contributed by atoms with van der Waals surface area (Å²) in [5, 5.41) is 0. The lowest BCUT2D eigenvalue weighted by molar-refractivity contribution is 1.42. The summed E-state index contributed by atoms with van der Waals surface area (Å²) in [6, 6.07) is 6.43. The minimum Gasteiger partial charge on any atom is -0.0801 e. The van der Waals surface area contributed by atoms with Crippen molar-refractivity contribution in [3.63, 3.8) is 0 Å². The predicted molar refractivity (Wildman–Crippen MR) is 53.9 cm³/mol. The van der Waals surface area contributed by atoms with E-state index in [0.717, 1.165) is 6.42 Å². The molecule has 1 aromatic carbocycles. The van der Waals surface area contributed by atoms with Gasteiger partial charge in [0.2, 0.25) is 0 Å². The summed E-state index contributed by atoms with van der Waals surface area (Å²) >= 11 is 0. The summed E-state index contributed by atoms with van der Waals surface area (Å²) in [6.45, 7) is 2.16. The van der Waals surface area contributed by atoms with Gasteiger partial charge in [0, 0.05) is 0 Å². The number of rotatable bonds is 0. The third-order valence-electron chi connectivity index (χ3n) is 2.21. The van der Waals surface area contributed by atoms with E-state index in [1.54, 1.807) is 0 Å². The van der Waals surface area contributed by atoms with Gasteiger partial charge in [-0.25, -0.2) is 0 Å². The molecule has 0 heterocycles. The number of fused-ring (bicyclic) bond motifs is 1. The zero-order chi connectivity index (χ0) is 8.39. The molecule has 0 nitrogen and oxygen atoms in total. The Kier molecular flexibility index (Phi) is 1.83. The molecular weight excluding hydrogens is 144 g/mol. The van der Waals surface area contributed by atoms with Crippen LogP contribution in [0.5, 0.6) is 0 Å². The first kappa shape index (κ1) is 7.35. The SMILES string of the molecule is Cc1cccc2c1C=CCC=C2. The summed E-state index contributed by atoms with van der Waals surface area (Å²) in [4.78, 5) is 0. The molecule has 0 heteroatoms. The Morgan fingerprint density at radius 3 is 2.83 bits per heavy atom. The highest BCUT2D eigenvalue weighted by atomic mass is 14.0. The fourth-order valence-electron chi connectivity index (χ4n) is 1.54. The van der Waals surface area contributed by atoms with Crippen LogP contribution in [0.15, 0.2) is 30.4 Å². The van der Waals surface area contributed by atoms with Gasteiger partial charge in [0.05, 0.1) is 0 Å². The molecule has 0 amide bonds. The zero-order valence-electron chi connectivity index (χ0n) is 7.25. The van der Waals surface area contributed by atoms with E-state index in [-0.39, 0.29) is 0 Å². The molecule has 0 unspecified atom stereocenters. The molecule has 1 aliphatic rings. The number of hydrogen-bond acceptors (Lipinski definition) is 0. The van der Waals surface area contributed by atoms with Crippen LogP contribution >= 0.6 is 0 Å². The zero-order valence-corrected chi connectivity index (χ0v) is 7.25. The summed E-state index contributed by atoms with van der Waals surface area (Å²) in [5.41, 5.74) is 4.06. The highest BCUT2D eigenvalue weighted by Crippen LogP contribution is 2.20. The van der Waals surface area contributed by atoms with Crippen LogP contribution in [0.2, 0.25) is 0 Å². The van der Waals surface area contributed by atoms with Crippen molar-refractivity contribution in [1.29, 1.82) is 0 Å². The summed E-state index contributed by atoms with van der Waals surface area (Å²) in [5.74, 6) is 0. The highest BCUT2D eigenvalue weighted by Gasteiger charge is 2.00. The van der Waals surface area contributed by atoms with E-state index in [2.05, 4.69) is 49.4 Å². The van der Waals surface area contributed by atoms with Gasteiger partial charge in [0.25, 0.3) is 0 Å². The lowest BCUT2D eigenvalue weighted by Gasteiger charge is -2.03. The van der Waals surface area contributed by atoms with Crippen molar-refractivity contribution in [2.75, 3.05) is 0 Å². The summed E-state index contributed by atoms with van der Waals surface area (Å²) < 4.78 is 0. The maximum atomic E-state index is 2.21. The van der Waals surface area contributed by atoms with Crippen molar-refractivity contribution in [2.24, 2.45) is 0 Å². The molecule has 0 N–H and O–H groups in total. The van der Waals surface area contributed by atoms with Gasteiger partial charge in [-0.1, -0.05) is 42.5 Å². The predicted octanol–water partition coefficient (Wildman–Crippen LogP) is 3.43. The monoisotopic (exact) mass is 156 g/mol. The number of aryl methyl sites for hydroxylation is 1. The molecule has 0 radical (unpaired) electrons. The van der Waals surface area contributed by atoms with E-state index in [9.17, 15) is 0 Å². The Balaban J connectivity index is 2.65. The van der Waals surface area contributed by atoms with E-state index in [1.165, 1.54) is 16.7 Å². The van der Waals surface area contributed by atoms with Crippen LogP contribution < -0.4 is 0 Å². The largest absolute Gasteiger partial charge is 0.0801 e. The minimum atomic E-state index is 1.05. The molecule has 0 saturated heterocycles. The first-order valence-electron chi connectivity index (χ1n) is 4.30. The van der Waals surface area contributed by atoms with Crippen LogP contribution in [0.4, 0.5) is 0 Å². The Bertz CT molecular complexity index is 343. The topological polar surface area (TPSA) is 0 Å². The Hall–Kier alpha value is -1.30. The quantitative estimate of drug-likeness (QED) is 0.540. The molecule has 60 valence electrons. The minimum absolute atomic E-state index is 1.05. The molecule has 1 aromatic rings. The van der Waals surface area contributed by atoms with Crippen LogP contribution in [0.1, 0.15) is 23.1 Å². The van der Waals surface area contributed by atoms with Crippen molar-refractivity contribution in [3.8, 4) is 0 Å². The second-order valence-electron chi connectivity index (χ2n) is 3.12. The van der Waals surface area contributed by atoms with E-state index >= 15 is 0 Å². The lowest BCUT2D eigenvalue weighted by atomic mass is 10.0. The third-order valence-corrected chi connectivity index (χ3v) is 2.21. The van der Waals surface area contributed by atoms with Crippen molar-refractivity contribution >= 4 is 12.2 Å². The number of benzene rings is 1. The van der Waals surface area contributed by atoms with E-state index < -0.39 is 0 Å². The van der Waals surface area contributed by atoms with Gasteiger partial charge in [-0.3, -0.25) is 0 Å². The molecule has 2 rings (SSSR count). The van der Waals surface area contributed by atoms with Gasteiger partial charge in [0.15, 0.2) is 0 Å². The van der Waals surface area contributed by atoms with Crippen LogP contribution in [0, 0.1) is 6.92 Å². The Morgan fingerprint density at radius 2 is 1.92 bits per heavy atom. The van der Waals surface area contributed by atoms with Crippen LogP contribution in [0.3, 0.4) is 0 Å². The first-order valence-corrected chi connectivity index (χ1v) is 4.30. The summed E-state index contributed by atoms with van der Waals surface area (Å²) in [6.07, 6.45) is 9.86. The standard InChI is InChI=1S/C12H12/c1-10-6-5-8-11-7-3-2-4-9-12(10)11/h3-9H,2H2,1H3. The normalized spacial score (nSPS) is 14.1. The molecule has 0 saturated carbocycles. The maximum Gasteiger partial charge on any atom is -0.0158 e. The Morgan fingerprint density at radius 1 is 1.08 bits per heavy atom. The molecule has 0 bridgehead atoms. The van der Waals surface area contributed by atoms with Crippen LogP contribution in [-0.2, 0) is 0 Å². The van der Waals surface area contributed by atoms with Gasteiger partial charge in [-0.15, -0.1) is 0 Å². The molecule has 12 heavy (non-hydrogen) atoms. The average molecular weight is 156 g/mol. The molecule has 0 fully saturated rings. The van der Waals surface area contributed by atoms with Gasteiger partial charge >= 0.3 is 0 Å². The van der Waals surface area contributed by atoms with Crippen LogP contribution in [-0.4, -0.2) is 0 Å².